The highest BCUT2D eigenvalue weighted by Gasteiger charge is 2.07. The molecule has 0 unspecified atom stereocenters. The van der Waals surface area contributed by atoms with Crippen molar-refractivity contribution in [2.45, 2.75) is 26.9 Å². The summed E-state index contributed by atoms with van der Waals surface area (Å²) in [4.78, 5) is 4.77. The molecule has 3 aromatic rings. The predicted molar refractivity (Wildman–Crippen MR) is 124 cm³/mol. The van der Waals surface area contributed by atoms with E-state index in [-0.39, 0.29) is 0 Å². The lowest BCUT2D eigenvalue weighted by Crippen LogP contribution is -2.37. The highest BCUT2D eigenvalue weighted by molar-refractivity contribution is 5.79. The second-order valence-electron chi connectivity index (χ2n) is 7.08. The number of methoxy groups -OCH3 is 1. The Balaban J connectivity index is 1.71. The van der Waals surface area contributed by atoms with Crippen LogP contribution in [0.1, 0.15) is 23.6 Å². The summed E-state index contributed by atoms with van der Waals surface area (Å²) in [6, 6.07) is 16.3. The topological polar surface area (TPSA) is 72.7 Å². The van der Waals surface area contributed by atoms with Gasteiger partial charge in [0.15, 0.2) is 5.96 Å². The van der Waals surface area contributed by atoms with Gasteiger partial charge >= 0.3 is 0 Å². The summed E-state index contributed by atoms with van der Waals surface area (Å²) in [6.07, 6.45) is 3.73. The first-order valence-corrected chi connectivity index (χ1v) is 10.5. The van der Waals surface area contributed by atoms with Gasteiger partial charge in [-0.25, -0.2) is 9.67 Å². The maximum absolute atomic E-state index is 5.89. The lowest BCUT2D eigenvalue weighted by molar-refractivity contribution is 0.145. The molecular weight excluding hydrogens is 390 g/mol. The number of hydrogen-bond donors (Lipinski definition) is 2. The van der Waals surface area contributed by atoms with Gasteiger partial charge < -0.3 is 20.1 Å². The Kier molecular flexibility index (Phi) is 8.48. The van der Waals surface area contributed by atoms with Crippen LogP contribution < -0.4 is 15.4 Å². The van der Waals surface area contributed by atoms with Crippen molar-refractivity contribution in [2.75, 3.05) is 26.9 Å². The summed E-state index contributed by atoms with van der Waals surface area (Å²) >= 11 is 0. The lowest BCUT2D eigenvalue weighted by Gasteiger charge is -2.15. The van der Waals surface area contributed by atoms with Gasteiger partial charge in [-0.1, -0.05) is 30.3 Å². The summed E-state index contributed by atoms with van der Waals surface area (Å²) in [5, 5.41) is 11.1. The highest BCUT2D eigenvalue weighted by Crippen LogP contribution is 2.21. The van der Waals surface area contributed by atoms with Gasteiger partial charge in [0.05, 0.1) is 18.8 Å². The summed E-state index contributed by atoms with van der Waals surface area (Å²) in [6.45, 7) is 7.10. The summed E-state index contributed by atoms with van der Waals surface area (Å²) in [7, 11) is 1.67. The smallest absolute Gasteiger partial charge is 0.191 e. The van der Waals surface area contributed by atoms with Crippen LogP contribution in [0.15, 0.2) is 65.9 Å². The quantitative estimate of drug-likeness (QED) is 0.298. The molecule has 0 aliphatic carbocycles. The molecular formula is C24H31N5O2. The van der Waals surface area contributed by atoms with Gasteiger partial charge in [-0.05, 0) is 43.2 Å². The molecule has 0 spiro atoms. The minimum absolute atomic E-state index is 0.513. The number of benzene rings is 2. The summed E-state index contributed by atoms with van der Waals surface area (Å²) in [5.74, 6) is 1.60. The SMILES string of the molecule is CCNC(=NCc1ccc(C)cc1OCCOC)NCc1ccccc1-n1cccn1. The molecule has 1 heterocycles. The van der Waals surface area contributed by atoms with Crippen LogP contribution in [0.25, 0.3) is 5.69 Å². The molecule has 2 aromatic carbocycles. The molecule has 164 valence electrons. The van der Waals surface area contributed by atoms with Gasteiger partial charge in [0.2, 0.25) is 0 Å². The van der Waals surface area contributed by atoms with Crippen LogP contribution in [0.4, 0.5) is 0 Å². The van der Waals surface area contributed by atoms with Crippen molar-refractivity contribution < 1.29 is 9.47 Å². The largest absolute Gasteiger partial charge is 0.491 e. The zero-order valence-corrected chi connectivity index (χ0v) is 18.5. The van der Waals surface area contributed by atoms with Gasteiger partial charge in [0.1, 0.15) is 12.4 Å². The Labute approximate surface area is 184 Å². The Morgan fingerprint density at radius 3 is 2.71 bits per heavy atom. The minimum atomic E-state index is 0.513. The molecule has 0 fully saturated rings. The van der Waals surface area contributed by atoms with E-state index in [2.05, 4.69) is 53.8 Å². The molecule has 0 saturated carbocycles. The van der Waals surface area contributed by atoms with Gasteiger partial charge in [-0.15, -0.1) is 0 Å². The zero-order valence-electron chi connectivity index (χ0n) is 18.5. The normalized spacial score (nSPS) is 11.4. The van der Waals surface area contributed by atoms with E-state index in [0.717, 1.165) is 40.6 Å². The van der Waals surface area contributed by atoms with E-state index in [1.54, 1.807) is 13.3 Å². The van der Waals surface area contributed by atoms with Crippen molar-refractivity contribution in [1.29, 1.82) is 0 Å². The van der Waals surface area contributed by atoms with Crippen LogP contribution in [0.2, 0.25) is 0 Å². The number of nitrogens with zero attached hydrogens (tertiary/aromatic N) is 3. The van der Waals surface area contributed by atoms with E-state index in [9.17, 15) is 0 Å². The molecule has 2 N–H and O–H groups in total. The van der Waals surface area contributed by atoms with Crippen molar-refractivity contribution in [3.8, 4) is 11.4 Å². The first-order chi connectivity index (χ1) is 15.2. The fourth-order valence-electron chi connectivity index (χ4n) is 3.14. The highest BCUT2D eigenvalue weighted by atomic mass is 16.5. The minimum Gasteiger partial charge on any atom is -0.491 e. The zero-order chi connectivity index (χ0) is 21.9. The van der Waals surface area contributed by atoms with Crippen LogP contribution in [0.3, 0.4) is 0 Å². The van der Waals surface area contributed by atoms with E-state index in [4.69, 9.17) is 14.5 Å². The molecule has 31 heavy (non-hydrogen) atoms. The number of aromatic nitrogens is 2. The van der Waals surface area contributed by atoms with E-state index in [0.29, 0.717) is 26.3 Å². The molecule has 0 saturated heterocycles. The molecule has 1 aromatic heterocycles. The van der Waals surface area contributed by atoms with Gasteiger partial charge in [0, 0.05) is 38.2 Å². The molecule has 0 radical (unpaired) electrons. The second-order valence-corrected chi connectivity index (χ2v) is 7.08. The third kappa shape index (κ3) is 6.58. The van der Waals surface area contributed by atoms with Crippen molar-refractivity contribution >= 4 is 5.96 Å². The van der Waals surface area contributed by atoms with Crippen molar-refractivity contribution in [3.05, 3.63) is 77.6 Å². The molecule has 3 rings (SSSR count). The van der Waals surface area contributed by atoms with Crippen LogP contribution in [0.5, 0.6) is 5.75 Å². The molecule has 0 aliphatic heterocycles. The van der Waals surface area contributed by atoms with Crippen molar-refractivity contribution in [3.63, 3.8) is 0 Å². The van der Waals surface area contributed by atoms with E-state index in [1.165, 1.54) is 0 Å². The van der Waals surface area contributed by atoms with E-state index >= 15 is 0 Å². The fraction of sp³-hybridized carbons (Fsp3) is 0.333. The third-order valence-electron chi connectivity index (χ3n) is 4.71. The number of aryl methyl sites for hydroxylation is 1. The molecule has 0 atom stereocenters. The van der Waals surface area contributed by atoms with Crippen LogP contribution in [-0.4, -0.2) is 42.6 Å². The monoisotopic (exact) mass is 421 g/mol. The Bertz CT molecular complexity index is 970. The van der Waals surface area contributed by atoms with Crippen LogP contribution >= 0.6 is 0 Å². The summed E-state index contributed by atoms with van der Waals surface area (Å²) in [5.41, 5.74) is 4.37. The number of para-hydroxylation sites is 1. The maximum atomic E-state index is 5.89. The van der Waals surface area contributed by atoms with Crippen LogP contribution in [-0.2, 0) is 17.8 Å². The molecule has 0 bridgehead atoms. The lowest BCUT2D eigenvalue weighted by atomic mass is 10.1. The Morgan fingerprint density at radius 1 is 1.06 bits per heavy atom. The number of nitrogens with one attached hydrogen (secondary N) is 2. The van der Waals surface area contributed by atoms with Gasteiger partial charge in [-0.3, -0.25) is 0 Å². The maximum Gasteiger partial charge on any atom is 0.191 e. The van der Waals surface area contributed by atoms with E-state index < -0.39 is 0 Å². The fourth-order valence-corrected chi connectivity index (χ4v) is 3.14. The van der Waals surface area contributed by atoms with Crippen molar-refractivity contribution in [2.24, 2.45) is 4.99 Å². The number of rotatable bonds is 10. The Hall–Kier alpha value is -3.32. The molecule has 7 nitrogen and oxygen atoms in total. The second kappa shape index (κ2) is 11.8. The molecule has 0 aliphatic rings. The van der Waals surface area contributed by atoms with Gasteiger partial charge in [0.25, 0.3) is 0 Å². The average molecular weight is 422 g/mol. The first-order valence-electron chi connectivity index (χ1n) is 10.5. The predicted octanol–water partition coefficient (Wildman–Crippen LogP) is 3.46. The molecule has 7 heteroatoms. The van der Waals surface area contributed by atoms with E-state index in [1.807, 2.05) is 35.1 Å². The van der Waals surface area contributed by atoms with Gasteiger partial charge in [-0.2, -0.15) is 5.10 Å². The third-order valence-corrected chi connectivity index (χ3v) is 4.71. The molecule has 0 amide bonds. The number of guanidine groups is 1. The van der Waals surface area contributed by atoms with Crippen LogP contribution in [0, 0.1) is 6.92 Å². The first kappa shape index (κ1) is 22.4. The number of ether oxygens (including phenoxy) is 2. The standard InChI is InChI=1S/C24H31N5O2/c1-4-25-24(26-17-20-8-5-6-9-22(20)29-13-7-12-28-29)27-18-21-11-10-19(2)16-23(21)31-15-14-30-3/h5-13,16H,4,14-15,17-18H2,1-3H3,(H2,25,26,27). The van der Waals surface area contributed by atoms with Crippen molar-refractivity contribution in [1.82, 2.24) is 20.4 Å². The number of aliphatic imine (C=N–C) groups is 1. The number of hydrogen-bond acceptors (Lipinski definition) is 4. The summed E-state index contributed by atoms with van der Waals surface area (Å²) < 4.78 is 12.9. The average Bonchev–Trinajstić information content (AvgIpc) is 3.32. The Morgan fingerprint density at radius 2 is 1.94 bits per heavy atom.